The first-order valence-corrected chi connectivity index (χ1v) is 7.11. The zero-order valence-corrected chi connectivity index (χ0v) is 12.4. The molecule has 0 atom stereocenters. The van der Waals surface area contributed by atoms with Gasteiger partial charge >= 0.3 is 0 Å². The molecule has 16 heavy (non-hydrogen) atoms. The van der Waals surface area contributed by atoms with Crippen LogP contribution in [0.15, 0.2) is 15.9 Å². The fourth-order valence-electron chi connectivity index (χ4n) is 2.02. The highest BCUT2D eigenvalue weighted by atomic mass is 79.9. The first-order valence-electron chi connectivity index (χ1n) is 5.44. The molecule has 2 heterocycles. The van der Waals surface area contributed by atoms with E-state index in [1.807, 2.05) is 11.3 Å². The van der Waals surface area contributed by atoms with Gasteiger partial charge in [-0.05, 0) is 65.8 Å². The average Bonchev–Trinajstić information content (AvgIpc) is 2.66. The Morgan fingerprint density at radius 2 is 2.12 bits per heavy atom. The zero-order valence-electron chi connectivity index (χ0n) is 9.19. The third-order valence-corrected chi connectivity index (χ3v) is 5.01. The number of likely N-dealkylation sites (tertiary alicyclic amines) is 1. The molecule has 1 aromatic heterocycles. The maximum absolute atomic E-state index is 5.68. The van der Waals surface area contributed by atoms with Crippen molar-refractivity contribution in [2.45, 2.75) is 19.4 Å². The fourth-order valence-corrected chi connectivity index (χ4v) is 3.54. The van der Waals surface area contributed by atoms with Crippen LogP contribution in [0.3, 0.4) is 0 Å². The van der Waals surface area contributed by atoms with Gasteiger partial charge in [0.25, 0.3) is 0 Å². The van der Waals surface area contributed by atoms with E-state index < -0.39 is 0 Å². The van der Waals surface area contributed by atoms with E-state index in [4.69, 9.17) is 5.73 Å². The molecule has 92 valence electrons. The summed E-state index contributed by atoms with van der Waals surface area (Å²) in [6.45, 7) is 4.35. The van der Waals surface area contributed by atoms with Crippen molar-refractivity contribution >= 4 is 39.7 Å². The Bertz CT molecular complexity index is 311. The molecule has 2 N–H and O–H groups in total. The first-order chi connectivity index (χ1) is 7.29. The molecule has 1 saturated heterocycles. The highest BCUT2D eigenvalue weighted by Gasteiger charge is 2.18. The van der Waals surface area contributed by atoms with E-state index in [1.54, 1.807) is 0 Å². The Kier molecular flexibility index (Phi) is 6.29. The van der Waals surface area contributed by atoms with E-state index in [0.29, 0.717) is 0 Å². The summed E-state index contributed by atoms with van der Waals surface area (Å²) in [5, 5.41) is 2.14. The van der Waals surface area contributed by atoms with Gasteiger partial charge in [0, 0.05) is 15.9 Å². The summed E-state index contributed by atoms with van der Waals surface area (Å²) in [4.78, 5) is 3.98. The zero-order chi connectivity index (χ0) is 10.7. The van der Waals surface area contributed by atoms with Crippen LogP contribution in [0.4, 0.5) is 0 Å². The summed E-state index contributed by atoms with van der Waals surface area (Å²) in [6, 6.07) is 2.13. The van der Waals surface area contributed by atoms with Crippen LogP contribution in [0.5, 0.6) is 0 Å². The van der Waals surface area contributed by atoms with E-state index in [1.165, 1.54) is 35.3 Å². The quantitative estimate of drug-likeness (QED) is 0.925. The Morgan fingerprint density at radius 3 is 2.62 bits per heavy atom. The van der Waals surface area contributed by atoms with Crippen molar-refractivity contribution in [3.8, 4) is 0 Å². The second-order valence-corrected chi connectivity index (χ2v) is 6.00. The third kappa shape index (κ3) is 3.70. The summed E-state index contributed by atoms with van der Waals surface area (Å²) in [7, 11) is 0. The van der Waals surface area contributed by atoms with E-state index in [-0.39, 0.29) is 12.4 Å². The fraction of sp³-hybridized carbons (Fsp3) is 0.636. The number of halogens is 2. The molecule has 0 amide bonds. The molecule has 0 spiro atoms. The number of piperidine rings is 1. The number of hydrogen-bond acceptors (Lipinski definition) is 3. The van der Waals surface area contributed by atoms with Gasteiger partial charge in [-0.3, -0.25) is 4.90 Å². The molecule has 2 nitrogen and oxygen atoms in total. The molecular formula is C11H18BrClN2S. The summed E-state index contributed by atoms with van der Waals surface area (Å²) in [5.74, 6) is 0.757. The second kappa shape index (κ2) is 6.97. The number of rotatable bonds is 3. The van der Waals surface area contributed by atoms with Gasteiger partial charge < -0.3 is 5.73 Å². The molecule has 1 aliphatic heterocycles. The minimum atomic E-state index is 0. The monoisotopic (exact) mass is 324 g/mol. The lowest BCUT2D eigenvalue weighted by molar-refractivity contribution is 0.181. The van der Waals surface area contributed by atoms with Crippen molar-refractivity contribution in [1.29, 1.82) is 0 Å². The molecule has 0 saturated carbocycles. The van der Waals surface area contributed by atoms with Crippen LogP contribution < -0.4 is 5.73 Å². The average molecular weight is 326 g/mol. The summed E-state index contributed by atoms with van der Waals surface area (Å²) in [5.41, 5.74) is 5.68. The van der Waals surface area contributed by atoms with Crippen molar-refractivity contribution in [2.75, 3.05) is 19.6 Å². The van der Waals surface area contributed by atoms with E-state index in [2.05, 4.69) is 32.3 Å². The maximum Gasteiger partial charge on any atom is 0.0339 e. The van der Waals surface area contributed by atoms with Crippen molar-refractivity contribution in [2.24, 2.45) is 11.7 Å². The van der Waals surface area contributed by atoms with E-state index in [0.717, 1.165) is 19.0 Å². The minimum Gasteiger partial charge on any atom is -0.330 e. The van der Waals surface area contributed by atoms with Crippen LogP contribution in [0.1, 0.15) is 17.7 Å². The number of hydrogen-bond donors (Lipinski definition) is 1. The Hall–Kier alpha value is 0.390. The van der Waals surface area contributed by atoms with Crippen molar-refractivity contribution in [3.63, 3.8) is 0 Å². The molecule has 5 heteroatoms. The normalized spacial score (nSPS) is 18.4. The topological polar surface area (TPSA) is 29.3 Å². The van der Waals surface area contributed by atoms with E-state index in [9.17, 15) is 0 Å². The van der Waals surface area contributed by atoms with Gasteiger partial charge in [0.2, 0.25) is 0 Å². The molecule has 0 radical (unpaired) electrons. The summed E-state index contributed by atoms with van der Waals surface area (Å²) in [6.07, 6.45) is 2.53. The molecule has 0 unspecified atom stereocenters. The lowest BCUT2D eigenvalue weighted by atomic mass is 9.97. The smallest absolute Gasteiger partial charge is 0.0339 e. The summed E-state index contributed by atoms with van der Waals surface area (Å²) >= 11 is 5.42. The van der Waals surface area contributed by atoms with Crippen LogP contribution in [-0.4, -0.2) is 24.5 Å². The predicted molar refractivity (Wildman–Crippen MR) is 76.3 cm³/mol. The molecule has 1 aromatic rings. The molecule has 2 rings (SSSR count). The van der Waals surface area contributed by atoms with Crippen molar-refractivity contribution in [1.82, 2.24) is 4.90 Å². The van der Waals surface area contributed by atoms with Gasteiger partial charge in [0.1, 0.15) is 0 Å². The minimum absolute atomic E-state index is 0. The predicted octanol–water partition coefficient (Wildman–Crippen LogP) is 3.10. The van der Waals surface area contributed by atoms with Crippen LogP contribution in [0.25, 0.3) is 0 Å². The van der Waals surface area contributed by atoms with Gasteiger partial charge in [0.05, 0.1) is 0 Å². The second-order valence-electron chi connectivity index (χ2n) is 4.15. The maximum atomic E-state index is 5.68. The lowest BCUT2D eigenvalue weighted by Gasteiger charge is -2.31. The number of thiophene rings is 1. The largest absolute Gasteiger partial charge is 0.330 e. The van der Waals surface area contributed by atoms with Gasteiger partial charge in [-0.1, -0.05) is 0 Å². The highest BCUT2D eigenvalue weighted by molar-refractivity contribution is 9.10. The molecular weight excluding hydrogens is 308 g/mol. The number of nitrogens with two attached hydrogens (primary N) is 1. The molecule has 1 fully saturated rings. The van der Waals surface area contributed by atoms with Gasteiger partial charge in [-0.15, -0.1) is 23.7 Å². The van der Waals surface area contributed by atoms with Gasteiger partial charge in [-0.25, -0.2) is 0 Å². The molecule has 0 aliphatic carbocycles. The molecule has 0 bridgehead atoms. The molecule has 1 aliphatic rings. The van der Waals surface area contributed by atoms with E-state index >= 15 is 0 Å². The van der Waals surface area contributed by atoms with Crippen molar-refractivity contribution < 1.29 is 0 Å². The lowest BCUT2D eigenvalue weighted by Crippen LogP contribution is -2.35. The van der Waals surface area contributed by atoms with Crippen LogP contribution in [0.2, 0.25) is 0 Å². The highest BCUT2D eigenvalue weighted by Crippen LogP contribution is 2.26. The van der Waals surface area contributed by atoms with Crippen LogP contribution >= 0.6 is 39.7 Å². The number of nitrogens with zero attached hydrogens (tertiary/aromatic N) is 1. The van der Waals surface area contributed by atoms with Crippen molar-refractivity contribution in [3.05, 3.63) is 20.8 Å². The Balaban J connectivity index is 0.00000128. The Morgan fingerprint density at radius 1 is 1.44 bits per heavy atom. The SMILES string of the molecule is Cl.NCC1CCN(Cc2sccc2Br)CC1. The summed E-state index contributed by atoms with van der Waals surface area (Å²) < 4.78 is 1.26. The Labute approximate surface area is 116 Å². The van der Waals surface area contributed by atoms with Gasteiger partial charge in [-0.2, -0.15) is 0 Å². The third-order valence-electron chi connectivity index (χ3n) is 3.10. The standard InChI is InChI=1S/C11H17BrN2S.ClH/c12-10-3-6-15-11(10)8-14-4-1-9(7-13)2-5-14;/h3,6,9H,1-2,4-5,7-8,13H2;1H. The van der Waals surface area contributed by atoms with Gasteiger partial charge in [0.15, 0.2) is 0 Å². The first kappa shape index (κ1) is 14.5. The molecule has 0 aromatic carbocycles. The van der Waals surface area contributed by atoms with Crippen LogP contribution in [0, 0.1) is 5.92 Å². The van der Waals surface area contributed by atoms with Crippen LogP contribution in [-0.2, 0) is 6.54 Å².